The standard InChI is InChI=1S/C13H20N2O3S/c1-8(2)12-14-10(7-19-12)13(18)15(9(3)4)6-5-11(16)17/h7-9H,5-6H2,1-4H3,(H,16,17). The highest BCUT2D eigenvalue weighted by molar-refractivity contribution is 7.09. The Bertz CT molecular complexity index is 454. The maximum atomic E-state index is 12.3. The van der Waals surface area contributed by atoms with E-state index in [0.29, 0.717) is 5.69 Å². The van der Waals surface area contributed by atoms with Crippen molar-refractivity contribution in [1.29, 1.82) is 0 Å². The Balaban J connectivity index is 2.83. The van der Waals surface area contributed by atoms with Crippen molar-refractivity contribution in [1.82, 2.24) is 9.88 Å². The van der Waals surface area contributed by atoms with Crippen LogP contribution in [0.25, 0.3) is 0 Å². The minimum absolute atomic E-state index is 0.0453. The Morgan fingerprint density at radius 3 is 2.42 bits per heavy atom. The van der Waals surface area contributed by atoms with E-state index in [1.165, 1.54) is 11.3 Å². The van der Waals surface area contributed by atoms with Gasteiger partial charge in [0.05, 0.1) is 11.4 Å². The third-order valence-electron chi connectivity index (χ3n) is 2.69. The number of carboxylic acid groups (broad SMARTS) is 1. The van der Waals surface area contributed by atoms with Crippen molar-refractivity contribution in [3.63, 3.8) is 0 Å². The second-order valence-electron chi connectivity index (χ2n) is 4.96. The predicted molar refractivity (Wildman–Crippen MR) is 74.6 cm³/mol. The summed E-state index contributed by atoms with van der Waals surface area (Å²) in [4.78, 5) is 28.8. The predicted octanol–water partition coefficient (Wildman–Crippen LogP) is 2.59. The molecule has 0 bridgehead atoms. The minimum atomic E-state index is -0.903. The molecule has 1 N–H and O–H groups in total. The van der Waals surface area contributed by atoms with Crippen molar-refractivity contribution >= 4 is 23.2 Å². The summed E-state index contributed by atoms with van der Waals surface area (Å²) in [7, 11) is 0. The molecule has 0 fully saturated rings. The highest BCUT2D eigenvalue weighted by Crippen LogP contribution is 2.20. The zero-order valence-corrected chi connectivity index (χ0v) is 12.5. The smallest absolute Gasteiger partial charge is 0.305 e. The summed E-state index contributed by atoms with van der Waals surface area (Å²) < 4.78 is 0. The van der Waals surface area contributed by atoms with Gasteiger partial charge >= 0.3 is 5.97 Å². The highest BCUT2D eigenvalue weighted by Gasteiger charge is 2.22. The number of amides is 1. The number of thiazole rings is 1. The van der Waals surface area contributed by atoms with Crippen LogP contribution in [0.15, 0.2) is 5.38 Å². The van der Waals surface area contributed by atoms with E-state index < -0.39 is 5.97 Å². The van der Waals surface area contributed by atoms with Crippen LogP contribution in [0, 0.1) is 0 Å². The van der Waals surface area contributed by atoms with Gasteiger partial charge in [0.15, 0.2) is 0 Å². The first-order chi connectivity index (χ1) is 8.82. The zero-order valence-electron chi connectivity index (χ0n) is 11.7. The molecule has 0 unspecified atom stereocenters. The van der Waals surface area contributed by atoms with Gasteiger partial charge in [-0.3, -0.25) is 9.59 Å². The normalized spacial score (nSPS) is 11.1. The molecule has 0 atom stereocenters. The molecule has 106 valence electrons. The van der Waals surface area contributed by atoms with Crippen LogP contribution < -0.4 is 0 Å². The molecule has 1 aromatic rings. The molecule has 1 aromatic heterocycles. The summed E-state index contributed by atoms with van der Waals surface area (Å²) in [6, 6.07) is -0.0453. The van der Waals surface area contributed by atoms with Crippen LogP contribution in [0.2, 0.25) is 0 Å². The van der Waals surface area contributed by atoms with Gasteiger partial charge < -0.3 is 10.0 Å². The lowest BCUT2D eigenvalue weighted by Crippen LogP contribution is -2.38. The zero-order chi connectivity index (χ0) is 14.6. The van der Waals surface area contributed by atoms with Gasteiger partial charge in [0.2, 0.25) is 0 Å². The summed E-state index contributed by atoms with van der Waals surface area (Å²) in [6.45, 7) is 8.00. The van der Waals surface area contributed by atoms with Crippen LogP contribution in [0.1, 0.15) is 55.5 Å². The van der Waals surface area contributed by atoms with Gasteiger partial charge in [0.1, 0.15) is 5.69 Å². The van der Waals surface area contributed by atoms with Crippen molar-refractivity contribution in [3.05, 3.63) is 16.1 Å². The molecule has 0 aromatic carbocycles. The Morgan fingerprint density at radius 2 is 2.00 bits per heavy atom. The van der Waals surface area contributed by atoms with E-state index in [4.69, 9.17) is 5.11 Å². The van der Waals surface area contributed by atoms with Crippen LogP contribution in [0.4, 0.5) is 0 Å². The third-order valence-corrected chi connectivity index (χ3v) is 3.83. The van der Waals surface area contributed by atoms with E-state index in [2.05, 4.69) is 4.98 Å². The number of rotatable bonds is 6. The molecular formula is C13H20N2O3S. The number of aliphatic carboxylic acids is 1. The fourth-order valence-corrected chi connectivity index (χ4v) is 2.42. The van der Waals surface area contributed by atoms with E-state index in [-0.39, 0.29) is 30.8 Å². The van der Waals surface area contributed by atoms with Crippen molar-refractivity contribution < 1.29 is 14.7 Å². The number of carbonyl (C=O) groups is 2. The van der Waals surface area contributed by atoms with E-state index >= 15 is 0 Å². The number of nitrogens with zero attached hydrogens (tertiary/aromatic N) is 2. The third kappa shape index (κ3) is 4.31. The van der Waals surface area contributed by atoms with E-state index in [0.717, 1.165) is 5.01 Å². The van der Waals surface area contributed by atoms with Crippen LogP contribution in [-0.4, -0.2) is 39.5 Å². The minimum Gasteiger partial charge on any atom is -0.481 e. The van der Waals surface area contributed by atoms with Gasteiger partial charge in [-0.1, -0.05) is 13.8 Å². The highest BCUT2D eigenvalue weighted by atomic mass is 32.1. The molecule has 0 saturated heterocycles. The fraction of sp³-hybridized carbons (Fsp3) is 0.615. The first-order valence-corrected chi connectivity index (χ1v) is 7.19. The Kier molecular flexibility index (Phi) is 5.47. The van der Waals surface area contributed by atoms with Crippen LogP contribution in [0.5, 0.6) is 0 Å². The number of hydrogen-bond donors (Lipinski definition) is 1. The first-order valence-electron chi connectivity index (χ1n) is 6.31. The Labute approximate surface area is 117 Å². The fourth-order valence-electron chi connectivity index (χ4n) is 1.61. The molecule has 0 aliphatic heterocycles. The lowest BCUT2D eigenvalue weighted by molar-refractivity contribution is -0.137. The van der Waals surface area contributed by atoms with Gasteiger partial charge in [-0.2, -0.15) is 0 Å². The summed E-state index contributed by atoms with van der Waals surface area (Å²) in [6.07, 6.45) is -0.0505. The molecule has 0 radical (unpaired) electrons. The van der Waals surface area contributed by atoms with Gasteiger partial charge in [-0.05, 0) is 13.8 Å². The monoisotopic (exact) mass is 284 g/mol. The molecule has 0 aliphatic rings. The topological polar surface area (TPSA) is 70.5 Å². The SMILES string of the molecule is CC(C)c1nc(C(=O)N(CCC(=O)O)C(C)C)cs1. The first kappa shape index (κ1) is 15.6. The van der Waals surface area contributed by atoms with Crippen LogP contribution in [0.3, 0.4) is 0 Å². The average molecular weight is 284 g/mol. The molecule has 0 aliphatic carbocycles. The molecule has 19 heavy (non-hydrogen) atoms. The van der Waals surface area contributed by atoms with Gasteiger partial charge in [-0.25, -0.2) is 4.98 Å². The molecule has 0 saturated carbocycles. The average Bonchev–Trinajstić information content (AvgIpc) is 2.77. The maximum absolute atomic E-state index is 12.3. The lowest BCUT2D eigenvalue weighted by atomic mass is 10.2. The summed E-state index contributed by atoms with van der Waals surface area (Å²) >= 11 is 1.46. The van der Waals surface area contributed by atoms with Crippen molar-refractivity contribution in [3.8, 4) is 0 Å². The second-order valence-corrected chi connectivity index (χ2v) is 5.85. The van der Waals surface area contributed by atoms with Gasteiger partial charge in [0.25, 0.3) is 5.91 Å². The second kappa shape index (κ2) is 6.65. The van der Waals surface area contributed by atoms with Gasteiger partial charge in [-0.15, -0.1) is 11.3 Å². The molecule has 1 amide bonds. The van der Waals surface area contributed by atoms with Gasteiger partial charge in [0, 0.05) is 23.9 Å². The number of aromatic nitrogens is 1. The molecule has 0 spiro atoms. The quantitative estimate of drug-likeness (QED) is 0.871. The van der Waals surface area contributed by atoms with E-state index in [1.807, 2.05) is 27.7 Å². The van der Waals surface area contributed by atoms with E-state index in [1.54, 1.807) is 10.3 Å². The number of carboxylic acids is 1. The molecule has 1 heterocycles. The summed E-state index contributed by atoms with van der Waals surface area (Å²) in [5.74, 6) is -0.808. The van der Waals surface area contributed by atoms with Crippen molar-refractivity contribution in [2.75, 3.05) is 6.54 Å². The summed E-state index contributed by atoms with van der Waals surface area (Å²) in [5, 5.41) is 11.4. The van der Waals surface area contributed by atoms with Crippen LogP contribution in [-0.2, 0) is 4.79 Å². The van der Waals surface area contributed by atoms with Crippen LogP contribution >= 0.6 is 11.3 Å². The Morgan fingerprint density at radius 1 is 1.37 bits per heavy atom. The number of hydrogen-bond acceptors (Lipinski definition) is 4. The number of carbonyl (C=O) groups excluding carboxylic acids is 1. The van der Waals surface area contributed by atoms with Crippen molar-refractivity contribution in [2.45, 2.75) is 46.1 Å². The summed E-state index contributed by atoms with van der Waals surface area (Å²) in [5.41, 5.74) is 0.410. The molecule has 5 nitrogen and oxygen atoms in total. The maximum Gasteiger partial charge on any atom is 0.305 e. The van der Waals surface area contributed by atoms with Crippen molar-refractivity contribution in [2.24, 2.45) is 0 Å². The lowest BCUT2D eigenvalue weighted by Gasteiger charge is -2.25. The van der Waals surface area contributed by atoms with E-state index in [9.17, 15) is 9.59 Å². The molecular weight excluding hydrogens is 264 g/mol. The molecule has 1 rings (SSSR count). The largest absolute Gasteiger partial charge is 0.481 e. The Hall–Kier alpha value is -1.43. The molecule has 6 heteroatoms.